The van der Waals surface area contributed by atoms with Crippen molar-refractivity contribution in [1.29, 1.82) is 0 Å². The third-order valence-corrected chi connectivity index (χ3v) is 6.51. The van der Waals surface area contributed by atoms with E-state index in [1.54, 1.807) is 0 Å². The highest BCUT2D eigenvalue weighted by molar-refractivity contribution is 7.22. The predicted molar refractivity (Wildman–Crippen MR) is 118 cm³/mol. The minimum atomic E-state index is -4.97. The molecule has 0 saturated carbocycles. The molecule has 1 fully saturated rings. The van der Waals surface area contributed by atoms with E-state index in [2.05, 4.69) is 20.9 Å². The van der Waals surface area contributed by atoms with Crippen molar-refractivity contribution in [2.24, 2.45) is 0 Å². The monoisotopic (exact) mass is 497 g/mol. The molecule has 0 bridgehead atoms. The average Bonchev–Trinajstić information content (AvgIpc) is 3.17. The first-order chi connectivity index (χ1) is 16.0. The number of carbonyl (C=O) groups excluding carboxylic acids is 2. The second-order valence-electron chi connectivity index (χ2n) is 7.67. The number of aliphatic hydroxyl groups is 1. The van der Waals surface area contributed by atoms with E-state index < -0.39 is 42.1 Å². The van der Waals surface area contributed by atoms with Crippen LogP contribution in [0.1, 0.15) is 5.56 Å². The van der Waals surface area contributed by atoms with Gasteiger partial charge in [0.1, 0.15) is 5.82 Å². The molecule has 34 heavy (non-hydrogen) atoms. The normalized spacial score (nSPS) is 21.1. The summed E-state index contributed by atoms with van der Waals surface area (Å²) in [6, 6.07) is 7.33. The van der Waals surface area contributed by atoms with Gasteiger partial charge in [-0.05, 0) is 42.0 Å². The lowest BCUT2D eigenvalue weighted by atomic mass is 9.84. The summed E-state index contributed by atoms with van der Waals surface area (Å²) in [7, 11) is 1.22. The van der Waals surface area contributed by atoms with Crippen molar-refractivity contribution >= 4 is 44.3 Å². The number of nitrogens with one attached hydrogen (secondary N) is 3. The molecule has 13 heteroatoms. The zero-order valence-corrected chi connectivity index (χ0v) is 18.4. The number of halogens is 4. The summed E-state index contributed by atoms with van der Waals surface area (Å²) in [6.45, 7) is -0.735. The molecule has 1 aliphatic heterocycles. The Morgan fingerprint density at radius 1 is 1.26 bits per heavy atom. The number of aliphatic hydroxyl groups excluding tert-OH is 1. The Hall–Kier alpha value is -3.29. The third-order valence-electron chi connectivity index (χ3n) is 5.57. The van der Waals surface area contributed by atoms with Crippen LogP contribution in [0.4, 0.5) is 33.2 Å². The number of likely N-dealkylation sites (N-methyl/N-ethyl adjacent to an activating group) is 1. The molecule has 0 unspecified atom stereocenters. The second-order valence-corrected chi connectivity index (χ2v) is 8.70. The Balaban J connectivity index is 1.62. The number of anilines is 2. The lowest BCUT2D eigenvalue weighted by Crippen LogP contribution is -2.71. The quantitative estimate of drug-likeness (QED) is 0.414. The summed E-state index contributed by atoms with van der Waals surface area (Å²) in [4.78, 5) is 30.2. The Morgan fingerprint density at radius 2 is 1.97 bits per heavy atom. The number of thiazole rings is 1. The van der Waals surface area contributed by atoms with Crippen LogP contribution in [-0.2, 0) is 10.3 Å². The van der Waals surface area contributed by atoms with Gasteiger partial charge in [0.05, 0.1) is 22.9 Å². The highest BCUT2D eigenvalue weighted by Crippen LogP contribution is 2.43. The van der Waals surface area contributed by atoms with Crippen LogP contribution in [0.3, 0.4) is 0 Å². The number of benzene rings is 2. The molecule has 0 radical (unpaired) electrons. The van der Waals surface area contributed by atoms with Crippen molar-refractivity contribution in [2.75, 3.05) is 30.8 Å². The minimum Gasteiger partial charge on any atom is -0.394 e. The van der Waals surface area contributed by atoms with E-state index in [0.29, 0.717) is 15.9 Å². The predicted octanol–water partition coefficient (Wildman–Crippen LogP) is 3.26. The van der Waals surface area contributed by atoms with Gasteiger partial charge in [-0.2, -0.15) is 13.2 Å². The van der Waals surface area contributed by atoms with Crippen molar-refractivity contribution < 1.29 is 32.3 Å². The number of fused-ring (bicyclic) bond motifs is 1. The smallest absolute Gasteiger partial charge is 0.394 e. The zero-order valence-electron chi connectivity index (χ0n) is 17.6. The molecule has 3 amide bonds. The van der Waals surface area contributed by atoms with E-state index in [4.69, 9.17) is 0 Å². The molecule has 2 aromatic carbocycles. The molecule has 180 valence electrons. The zero-order chi connectivity index (χ0) is 24.7. The molecule has 3 aromatic rings. The Kier molecular flexibility index (Phi) is 6.18. The number of rotatable bonds is 4. The number of hydrogen-bond acceptors (Lipinski definition) is 6. The van der Waals surface area contributed by atoms with Gasteiger partial charge in [0.25, 0.3) is 5.91 Å². The summed E-state index contributed by atoms with van der Waals surface area (Å²) in [5.41, 5.74) is -2.65. The highest BCUT2D eigenvalue weighted by Gasteiger charge is 2.64. The third kappa shape index (κ3) is 4.17. The van der Waals surface area contributed by atoms with Crippen LogP contribution in [-0.4, -0.2) is 59.3 Å². The SMILES string of the molecule is CN1C(=O)[C@](c2ccc3nc(NC(=O)Nc4ccc(F)cc4)sc3c2)(C(F)(F)F)NC[C@H]1CO. The largest absolute Gasteiger partial charge is 0.419 e. The lowest BCUT2D eigenvalue weighted by Gasteiger charge is -2.45. The molecular weight excluding hydrogens is 478 g/mol. The fourth-order valence-electron chi connectivity index (χ4n) is 3.72. The molecule has 0 spiro atoms. The van der Waals surface area contributed by atoms with Gasteiger partial charge >= 0.3 is 12.2 Å². The molecule has 1 aromatic heterocycles. The fraction of sp³-hybridized carbons (Fsp3) is 0.286. The van der Waals surface area contributed by atoms with Gasteiger partial charge in [-0.1, -0.05) is 17.4 Å². The highest BCUT2D eigenvalue weighted by atomic mass is 32.1. The van der Waals surface area contributed by atoms with Gasteiger partial charge < -0.3 is 15.3 Å². The number of hydrogen-bond donors (Lipinski definition) is 4. The van der Waals surface area contributed by atoms with Crippen molar-refractivity contribution in [1.82, 2.24) is 15.2 Å². The summed E-state index contributed by atoms with van der Waals surface area (Å²) in [5.74, 6) is -1.69. The van der Waals surface area contributed by atoms with Gasteiger partial charge in [0.15, 0.2) is 5.13 Å². The van der Waals surface area contributed by atoms with Gasteiger partial charge in [0, 0.05) is 19.3 Å². The molecule has 0 aliphatic carbocycles. The van der Waals surface area contributed by atoms with Gasteiger partial charge in [-0.3, -0.25) is 15.4 Å². The van der Waals surface area contributed by atoms with Gasteiger partial charge in [0.2, 0.25) is 5.54 Å². The average molecular weight is 497 g/mol. The van der Waals surface area contributed by atoms with Gasteiger partial charge in [-0.25, -0.2) is 14.2 Å². The fourth-order valence-corrected chi connectivity index (χ4v) is 4.62. The van der Waals surface area contributed by atoms with Crippen LogP contribution in [0.25, 0.3) is 10.2 Å². The maximum atomic E-state index is 14.3. The number of nitrogens with zero attached hydrogens (tertiary/aromatic N) is 2. The maximum absolute atomic E-state index is 14.3. The van der Waals surface area contributed by atoms with E-state index in [0.717, 1.165) is 22.3 Å². The van der Waals surface area contributed by atoms with E-state index in [-0.39, 0.29) is 17.2 Å². The molecule has 4 rings (SSSR count). The molecule has 1 saturated heterocycles. The first-order valence-corrected chi connectivity index (χ1v) is 10.8. The van der Waals surface area contributed by atoms with E-state index in [1.807, 2.05) is 0 Å². The van der Waals surface area contributed by atoms with Crippen LogP contribution in [0.15, 0.2) is 42.5 Å². The van der Waals surface area contributed by atoms with Crippen molar-refractivity contribution in [2.45, 2.75) is 17.8 Å². The Morgan fingerprint density at radius 3 is 2.62 bits per heavy atom. The number of amides is 3. The topological polar surface area (TPSA) is 107 Å². The minimum absolute atomic E-state index is 0.119. The second kappa shape index (κ2) is 8.81. The lowest BCUT2D eigenvalue weighted by molar-refractivity contribution is -0.216. The van der Waals surface area contributed by atoms with Crippen molar-refractivity contribution in [3.05, 3.63) is 53.8 Å². The molecule has 1 aliphatic rings. The van der Waals surface area contributed by atoms with Crippen LogP contribution in [0.5, 0.6) is 0 Å². The summed E-state index contributed by atoms with van der Waals surface area (Å²) >= 11 is 0.930. The molecule has 8 nitrogen and oxygen atoms in total. The first-order valence-electron chi connectivity index (χ1n) is 9.99. The summed E-state index contributed by atoms with van der Waals surface area (Å²) < 4.78 is 56.1. The Bertz CT molecular complexity index is 1230. The maximum Gasteiger partial charge on any atom is 0.419 e. The first kappa shape index (κ1) is 23.9. The van der Waals surface area contributed by atoms with Crippen LogP contribution >= 0.6 is 11.3 Å². The van der Waals surface area contributed by atoms with Crippen molar-refractivity contribution in [3.8, 4) is 0 Å². The number of aromatic nitrogens is 1. The van der Waals surface area contributed by atoms with E-state index in [9.17, 15) is 32.3 Å². The molecule has 2 atom stereocenters. The molecule has 2 heterocycles. The van der Waals surface area contributed by atoms with E-state index >= 15 is 0 Å². The standard InChI is InChI=1S/C21H19F4N5O3S/c1-30-14(10-31)9-26-20(17(30)32,21(23,24)25)11-2-7-15-16(8-11)34-19(28-15)29-18(33)27-13-5-3-12(22)4-6-13/h2-8,14,26,31H,9-10H2,1H3,(H2,27,28,29,33)/t14-,20+/m0/s1. The molecular formula is C21H19F4N5O3S. The summed E-state index contributed by atoms with van der Waals surface area (Å²) in [6.07, 6.45) is -4.97. The number of alkyl halides is 3. The number of urea groups is 1. The number of carbonyl (C=O) groups is 2. The van der Waals surface area contributed by atoms with Crippen LogP contribution in [0, 0.1) is 5.82 Å². The Labute approximate surface area is 194 Å². The van der Waals surface area contributed by atoms with Crippen molar-refractivity contribution in [3.63, 3.8) is 0 Å². The summed E-state index contributed by atoms with van der Waals surface area (Å²) in [5, 5.41) is 16.8. The van der Waals surface area contributed by atoms with Gasteiger partial charge in [-0.15, -0.1) is 0 Å². The van der Waals surface area contributed by atoms with E-state index in [1.165, 1.54) is 43.4 Å². The molecule has 4 N–H and O–H groups in total. The van der Waals surface area contributed by atoms with Crippen LogP contribution in [0.2, 0.25) is 0 Å². The van der Waals surface area contributed by atoms with Crippen LogP contribution < -0.4 is 16.0 Å². The number of piperazine rings is 1.